The van der Waals surface area contributed by atoms with Crippen LogP contribution in [0.25, 0.3) is 0 Å². The Kier molecular flexibility index (Phi) is 3.61. The van der Waals surface area contributed by atoms with Crippen molar-refractivity contribution >= 4 is 13.4 Å². The molecule has 0 aromatic heterocycles. The van der Waals surface area contributed by atoms with Gasteiger partial charge in [-0.2, -0.15) is 0 Å². The van der Waals surface area contributed by atoms with Crippen LogP contribution in [0.1, 0.15) is 47.5 Å². The van der Waals surface area contributed by atoms with Gasteiger partial charge in [0.15, 0.2) is 0 Å². The molecule has 0 bridgehead atoms. The number of carbonyl (C=O) groups is 1. The smallest absolute Gasteiger partial charge is 0.403 e. The van der Waals surface area contributed by atoms with E-state index in [1.54, 1.807) is 0 Å². The Labute approximate surface area is 92.7 Å². The number of hydrogen-bond donors (Lipinski definition) is 0. The quantitative estimate of drug-likeness (QED) is 0.530. The zero-order valence-corrected chi connectivity index (χ0v) is 10.4. The third-order valence-corrected chi connectivity index (χ3v) is 3.58. The van der Waals surface area contributed by atoms with E-state index in [-0.39, 0.29) is 24.1 Å². The molecule has 1 unspecified atom stereocenters. The predicted octanol–water partition coefficient (Wildman–Crippen LogP) is 2.45. The van der Waals surface area contributed by atoms with Crippen molar-refractivity contribution in [2.24, 2.45) is 0 Å². The molecule has 0 amide bonds. The fourth-order valence-corrected chi connectivity index (χ4v) is 1.67. The summed E-state index contributed by atoms with van der Waals surface area (Å²) in [6, 6.07) is 0. The lowest BCUT2D eigenvalue weighted by atomic mass is 9.69. The number of aldehydes is 1. The van der Waals surface area contributed by atoms with Crippen LogP contribution in [0.5, 0.6) is 0 Å². The maximum Gasteiger partial charge on any atom is 0.461 e. The average molecular weight is 212 g/mol. The lowest BCUT2D eigenvalue weighted by Crippen LogP contribution is -2.41. The molecular formula is C11H21BO3. The molecule has 1 heterocycles. The van der Waals surface area contributed by atoms with Gasteiger partial charge in [-0.1, -0.05) is 13.3 Å². The molecular weight excluding hydrogens is 191 g/mol. The number of carbonyl (C=O) groups excluding carboxylic acids is 1. The van der Waals surface area contributed by atoms with E-state index in [0.717, 1.165) is 12.7 Å². The molecule has 1 saturated heterocycles. The van der Waals surface area contributed by atoms with Crippen LogP contribution in [0.15, 0.2) is 0 Å². The third kappa shape index (κ3) is 2.43. The molecule has 4 heteroatoms. The van der Waals surface area contributed by atoms with E-state index >= 15 is 0 Å². The highest BCUT2D eigenvalue weighted by atomic mass is 16.7. The fourth-order valence-electron chi connectivity index (χ4n) is 1.67. The Morgan fingerprint density at radius 1 is 1.20 bits per heavy atom. The maximum absolute atomic E-state index is 10.5. The van der Waals surface area contributed by atoms with Gasteiger partial charge in [-0.05, 0) is 27.7 Å². The molecule has 0 saturated carbocycles. The largest absolute Gasteiger partial charge is 0.461 e. The van der Waals surface area contributed by atoms with Gasteiger partial charge in [0.25, 0.3) is 0 Å². The van der Waals surface area contributed by atoms with Gasteiger partial charge in [0.05, 0.1) is 11.2 Å². The minimum absolute atomic E-state index is 0.170. The van der Waals surface area contributed by atoms with Gasteiger partial charge >= 0.3 is 7.12 Å². The van der Waals surface area contributed by atoms with E-state index in [1.807, 2.05) is 27.7 Å². The monoisotopic (exact) mass is 212 g/mol. The summed E-state index contributed by atoms with van der Waals surface area (Å²) >= 11 is 0. The lowest BCUT2D eigenvalue weighted by Gasteiger charge is -2.32. The molecule has 1 atom stereocenters. The molecule has 0 aromatic carbocycles. The first-order valence-electron chi connectivity index (χ1n) is 5.63. The van der Waals surface area contributed by atoms with Gasteiger partial charge in [0.1, 0.15) is 6.29 Å². The molecule has 1 aliphatic heterocycles. The van der Waals surface area contributed by atoms with Crippen LogP contribution >= 0.6 is 0 Å². The van der Waals surface area contributed by atoms with Gasteiger partial charge in [-0.25, -0.2) is 0 Å². The Morgan fingerprint density at radius 2 is 1.67 bits per heavy atom. The Balaban J connectivity index is 2.72. The summed E-state index contributed by atoms with van der Waals surface area (Å²) < 4.78 is 11.8. The Hall–Kier alpha value is -0.345. The standard InChI is InChI=1S/C11H21BO3/c1-6-9(7-8-13)12-14-10(2,3)11(4,5)15-12/h8-9H,6-7H2,1-5H3. The first-order chi connectivity index (χ1) is 6.84. The molecule has 0 spiro atoms. The molecule has 15 heavy (non-hydrogen) atoms. The third-order valence-electron chi connectivity index (χ3n) is 3.58. The summed E-state index contributed by atoms with van der Waals surface area (Å²) in [5, 5.41) is 0. The van der Waals surface area contributed by atoms with Crippen LogP contribution in [0.4, 0.5) is 0 Å². The molecule has 0 aromatic rings. The fraction of sp³-hybridized carbons (Fsp3) is 0.909. The normalized spacial score (nSPS) is 25.3. The van der Waals surface area contributed by atoms with E-state index in [9.17, 15) is 4.79 Å². The van der Waals surface area contributed by atoms with Gasteiger partial charge < -0.3 is 14.1 Å². The number of hydrogen-bond acceptors (Lipinski definition) is 3. The molecule has 0 aliphatic carbocycles. The predicted molar refractivity (Wildman–Crippen MR) is 60.8 cm³/mol. The van der Waals surface area contributed by atoms with Crippen molar-refractivity contribution < 1.29 is 14.1 Å². The topological polar surface area (TPSA) is 35.5 Å². The molecule has 1 aliphatic rings. The van der Waals surface area contributed by atoms with Crippen molar-refractivity contribution in [2.45, 2.75) is 64.5 Å². The number of rotatable bonds is 4. The average Bonchev–Trinajstić information content (AvgIpc) is 2.32. The van der Waals surface area contributed by atoms with Crippen molar-refractivity contribution in [3.05, 3.63) is 0 Å². The molecule has 86 valence electrons. The molecule has 1 fully saturated rings. The van der Waals surface area contributed by atoms with E-state index in [2.05, 4.69) is 6.92 Å². The summed E-state index contributed by atoms with van der Waals surface area (Å²) in [7, 11) is -0.245. The van der Waals surface area contributed by atoms with E-state index in [0.29, 0.717) is 6.42 Å². The highest BCUT2D eigenvalue weighted by Crippen LogP contribution is 2.41. The van der Waals surface area contributed by atoms with Crippen molar-refractivity contribution in [3.8, 4) is 0 Å². The van der Waals surface area contributed by atoms with Crippen LogP contribution in [-0.2, 0) is 14.1 Å². The lowest BCUT2D eigenvalue weighted by molar-refractivity contribution is -0.108. The van der Waals surface area contributed by atoms with Gasteiger partial charge in [0.2, 0.25) is 0 Å². The second kappa shape index (κ2) is 4.26. The minimum Gasteiger partial charge on any atom is -0.403 e. The van der Waals surface area contributed by atoms with Gasteiger partial charge in [0, 0.05) is 12.2 Å². The Morgan fingerprint density at radius 3 is 2.00 bits per heavy atom. The molecule has 3 nitrogen and oxygen atoms in total. The highest BCUT2D eigenvalue weighted by molar-refractivity contribution is 6.47. The van der Waals surface area contributed by atoms with Gasteiger partial charge in [-0.3, -0.25) is 0 Å². The van der Waals surface area contributed by atoms with E-state index in [4.69, 9.17) is 9.31 Å². The van der Waals surface area contributed by atoms with Gasteiger partial charge in [-0.15, -0.1) is 0 Å². The summed E-state index contributed by atoms with van der Waals surface area (Å²) in [5.74, 6) is 0.170. The van der Waals surface area contributed by atoms with Crippen LogP contribution in [0.2, 0.25) is 5.82 Å². The van der Waals surface area contributed by atoms with E-state index < -0.39 is 0 Å². The zero-order chi connectivity index (χ0) is 11.7. The second-order valence-corrected chi connectivity index (χ2v) is 5.20. The van der Waals surface area contributed by atoms with Crippen molar-refractivity contribution in [1.82, 2.24) is 0 Å². The summed E-state index contributed by atoms with van der Waals surface area (Å²) in [4.78, 5) is 10.5. The van der Waals surface area contributed by atoms with Crippen LogP contribution < -0.4 is 0 Å². The highest BCUT2D eigenvalue weighted by Gasteiger charge is 2.53. The second-order valence-electron chi connectivity index (χ2n) is 5.20. The first kappa shape index (κ1) is 12.7. The van der Waals surface area contributed by atoms with E-state index in [1.165, 1.54) is 0 Å². The van der Waals surface area contributed by atoms with Crippen LogP contribution in [0.3, 0.4) is 0 Å². The van der Waals surface area contributed by atoms with Crippen LogP contribution in [-0.4, -0.2) is 24.6 Å². The maximum atomic E-state index is 10.5. The SMILES string of the molecule is CCC(CC=O)B1OC(C)(C)C(C)(C)O1. The molecule has 1 rings (SSSR count). The molecule has 0 radical (unpaired) electrons. The summed E-state index contributed by atoms with van der Waals surface area (Å²) in [6.07, 6.45) is 2.35. The van der Waals surface area contributed by atoms with Crippen molar-refractivity contribution in [1.29, 1.82) is 0 Å². The first-order valence-corrected chi connectivity index (χ1v) is 5.63. The summed E-state index contributed by atoms with van der Waals surface area (Å²) in [6.45, 7) is 10.2. The minimum atomic E-state index is -0.298. The Bertz CT molecular complexity index is 222. The summed E-state index contributed by atoms with van der Waals surface area (Å²) in [5.41, 5.74) is -0.595. The van der Waals surface area contributed by atoms with Crippen molar-refractivity contribution in [2.75, 3.05) is 0 Å². The zero-order valence-electron chi connectivity index (χ0n) is 10.4. The van der Waals surface area contributed by atoms with Crippen molar-refractivity contribution in [3.63, 3.8) is 0 Å². The molecule has 0 N–H and O–H groups in total. The van der Waals surface area contributed by atoms with Crippen LogP contribution in [0, 0.1) is 0 Å².